The van der Waals surface area contributed by atoms with Crippen LogP contribution in [0.4, 0.5) is 0 Å². The van der Waals surface area contributed by atoms with Crippen molar-refractivity contribution >= 4 is 52.6 Å². The molecular weight excluding hydrogens is 404 g/mol. The third-order valence-electron chi connectivity index (χ3n) is 0.635. The minimum absolute atomic E-state index is 0.222. The molecule has 0 aromatic carbocycles. The molecule has 0 aromatic heterocycles. The molecule has 0 radical (unpaired) electrons. The lowest BCUT2D eigenvalue weighted by Crippen LogP contribution is -1.85. The van der Waals surface area contributed by atoms with Crippen molar-refractivity contribution in [3.63, 3.8) is 0 Å². The summed E-state index contributed by atoms with van der Waals surface area (Å²) in [5, 5.41) is 0. The predicted molar refractivity (Wildman–Crippen MR) is 91.4 cm³/mol. The number of carbonyl (C=O) groups is 3. The van der Waals surface area contributed by atoms with Crippen LogP contribution in [0.3, 0.4) is 0 Å². The standard InChI is InChI=1S/C3H6O.C2H6O2S.C2H4O2.C2H4O.CH4O3S.CH4O2S/c1-2-3-4;1-2-5(3)4;1-4-2-3;1-2-3;1-4-5(2)3;1-4(2)3/h3H,2H2,1H3;2H2,1H3,(H,3,4);2H,1H3;2H,1H3;1H3,(H,2,3);1H3,(H,2,3)/p-3. The van der Waals surface area contributed by atoms with Gasteiger partial charge in [-0.25, -0.2) is 4.21 Å². The van der Waals surface area contributed by atoms with Gasteiger partial charge >= 0.3 is 0 Å². The van der Waals surface area contributed by atoms with Crippen LogP contribution < -0.4 is 0 Å². The van der Waals surface area contributed by atoms with Gasteiger partial charge in [-0.15, -0.1) is 0 Å². The summed E-state index contributed by atoms with van der Waals surface area (Å²) >= 11 is -6.01. The largest absolute Gasteiger partial charge is 0.773 e. The topological polar surface area (TPSA) is 190 Å². The second kappa shape index (κ2) is 49.5. The Morgan fingerprint density at radius 1 is 0.960 bits per heavy atom. The minimum Gasteiger partial charge on any atom is -0.773 e. The van der Waals surface area contributed by atoms with E-state index in [2.05, 4.69) is 8.92 Å². The molecule has 0 fully saturated rings. The van der Waals surface area contributed by atoms with Crippen molar-refractivity contribution < 1.29 is 49.6 Å². The van der Waals surface area contributed by atoms with Gasteiger partial charge in [-0.3, -0.25) is 13.2 Å². The summed E-state index contributed by atoms with van der Waals surface area (Å²) in [4.78, 5) is 26.9. The number of ether oxygens (including phenoxy) is 1. The van der Waals surface area contributed by atoms with E-state index in [4.69, 9.17) is 27.1 Å². The van der Waals surface area contributed by atoms with Crippen molar-refractivity contribution in [3.8, 4) is 0 Å². The molecule has 25 heavy (non-hydrogen) atoms. The maximum atomic E-state index is 9.37. The molecule has 156 valence electrons. The molecule has 0 rings (SSSR count). The Morgan fingerprint density at radius 2 is 1.12 bits per heavy atom. The van der Waals surface area contributed by atoms with E-state index in [0.717, 1.165) is 25.9 Å². The summed E-state index contributed by atoms with van der Waals surface area (Å²) in [5.41, 5.74) is 0. The van der Waals surface area contributed by atoms with Crippen molar-refractivity contribution in [3.05, 3.63) is 0 Å². The van der Waals surface area contributed by atoms with E-state index in [9.17, 15) is 13.6 Å². The Balaban J connectivity index is -0.0000000437. The second-order valence-corrected chi connectivity index (χ2v) is 5.24. The predicted octanol–water partition coefficient (Wildman–Crippen LogP) is -0.603. The summed E-state index contributed by atoms with van der Waals surface area (Å²) in [6.07, 6.45) is 3.35. The van der Waals surface area contributed by atoms with E-state index >= 15 is 0 Å². The Hall–Kier alpha value is -0.900. The first-order valence-electron chi connectivity index (χ1n) is 6.02. The van der Waals surface area contributed by atoms with Gasteiger partial charge in [0.2, 0.25) is 0 Å². The van der Waals surface area contributed by atoms with Crippen molar-refractivity contribution in [2.75, 3.05) is 26.2 Å². The highest BCUT2D eigenvalue weighted by Crippen LogP contribution is 1.64. The zero-order valence-electron chi connectivity index (χ0n) is 14.9. The third kappa shape index (κ3) is 395. The highest BCUT2D eigenvalue weighted by Gasteiger charge is 1.62. The molecule has 11 nitrogen and oxygen atoms in total. The minimum atomic E-state index is -2.32. The van der Waals surface area contributed by atoms with Gasteiger partial charge in [0, 0.05) is 12.2 Å². The molecule has 0 aliphatic heterocycles. The number of methoxy groups -OCH3 is 1. The summed E-state index contributed by atoms with van der Waals surface area (Å²) in [7, 11) is 2.40. The molecule has 0 saturated carbocycles. The molecule has 0 amide bonds. The lowest BCUT2D eigenvalue weighted by atomic mass is 10.6. The molecular formula is C11H25O11S3-3. The van der Waals surface area contributed by atoms with Crippen LogP contribution in [0.15, 0.2) is 0 Å². The molecule has 0 heterocycles. The van der Waals surface area contributed by atoms with E-state index in [1.165, 1.54) is 14.0 Å². The molecule has 0 N–H and O–H groups in total. The van der Waals surface area contributed by atoms with Gasteiger partial charge in [-0.05, 0) is 13.2 Å². The molecule has 3 unspecified atom stereocenters. The van der Waals surface area contributed by atoms with Crippen molar-refractivity contribution in [2.45, 2.75) is 27.2 Å². The first kappa shape index (κ1) is 39.3. The Labute approximate surface area is 155 Å². The van der Waals surface area contributed by atoms with Gasteiger partial charge in [0.05, 0.1) is 25.6 Å². The molecule has 0 aromatic rings. The lowest BCUT2D eigenvalue weighted by Gasteiger charge is -1.94. The smallest absolute Gasteiger partial charge is 0.292 e. The van der Waals surface area contributed by atoms with E-state index in [-0.39, 0.29) is 5.75 Å². The number of hydrogen-bond donors (Lipinski definition) is 0. The van der Waals surface area contributed by atoms with E-state index in [1.807, 2.05) is 6.92 Å². The van der Waals surface area contributed by atoms with Crippen LogP contribution in [0, 0.1) is 0 Å². The molecule has 14 heteroatoms. The number of hydrogen-bond acceptors (Lipinski definition) is 11. The second-order valence-electron chi connectivity index (χ2n) is 2.51. The maximum absolute atomic E-state index is 9.37. The van der Waals surface area contributed by atoms with E-state index < -0.39 is 33.5 Å². The number of aldehydes is 2. The van der Waals surface area contributed by atoms with Crippen molar-refractivity contribution in [1.82, 2.24) is 0 Å². The zero-order valence-corrected chi connectivity index (χ0v) is 17.3. The van der Waals surface area contributed by atoms with Gasteiger partial charge in [-0.2, -0.15) is 0 Å². The van der Waals surface area contributed by atoms with Gasteiger partial charge in [0.1, 0.15) is 12.6 Å². The highest BCUT2D eigenvalue weighted by atomic mass is 32.2. The quantitative estimate of drug-likeness (QED) is 0.409. The van der Waals surface area contributed by atoms with E-state index in [1.54, 1.807) is 6.92 Å². The molecule has 0 aliphatic carbocycles. The number of rotatable bonds is 4. The van der Waals surface area contributed by atoms with Gasteiger partial charge in [0.25, 0.3) is 6.47 Å². The van der Waals surface area contributed by atoms with Crippen LogP contribution in [0.25, 0.3) is 0 Å². The molecule has 0 aliphatic rings. The fourth-order valence-electron chi connectivity index (χ4n) is 0. The van der Waals surface area contributed by atoms with Crippen LogP contribution in [-0.2, 0) is 56.8 Å². The molecule has 0 spiro atoms. The summed E-state index contributed by atoms with van der Waals surface area (Å²) < 4.78 is 62.6. The monoisotopic (exact) mass is 429 g/mol. The van der Waals surface area contributed by atoms with Crippen molar-refractivity contribution in [1.29, 1.82) is 0 Å². The molecule has 0 saturated heterocycles. The van der Waals surface area contributed by atoms with Gasteiger partial charge in [-0.1, -0.05) is 36.0 Å². The SMILES string of the molecule is CC=O.CCC=O.CCS(=O)[O-].COC=O.COS(=O)[O-].CS(=O)[O-]. The first-order valence-corrected chi connectivity index (χ1v) is 9.75. The molecule has 3 atom stereocenters. The highest BCUT2D eigenvalue weighted by molar-refractivity contribution is 7.79. The Bertz CT molecular complexity index is 298. The summed E-state index contributed by atoms with van der Waals surface area (Å²) in [6.45, 7) is 5.22. The number of carbonyl (C=O) groups excluding carboxylic acids is 3. The maximum Gasteiger partial charge on any atom is 0.292 e. The fraction of sp³-hybridized carbons (Fsp3) is 0.727. The first-order chi connectivity index (χ1) is 11.5. The van der Waals surface area contributed by atoms with Crippen LogP contribution in [-0.4, -0.2) is 71.6 Å². The van der Waals surface area contributed by atoms with E-state index in [0.29, 0.717) is 12.9 Å². The Kier molecular flexibility index (Phi) is 77.7. The average Bonchev–Trinajstić information content (AvgIpc) is 2.55. The zero-order chi connectivity index (χ0) is 21.7. The van der Waals surface area contributed by atoms with Gasteiger partial charge in [0.15, 0.2) is 0 Å². The fourth-order valence-corrected chi connectivity index (χ4v) is 0. The summed E-state index contributed by atoms with van der Waals surface area (Å²) in [5.74, 6) is 0.222. The van der Waals surface area contributed by atoms with Gasteiger partial charge < -0.3 is 32.2 Å². The van der Waals surface area contributed by atoms with Crippen LogP contribution in [0.2, 0.25) is 0 Å². The third-order valence-corrected chi connectivity index (χ3v) is 1.38. The summed E-state index contributed by atoms with van der Waals surface area (Å²) in [6, 6.07) is 0. The van der Waals surface area contributed by atoms with Crippen molar-refractivity contribution in [2.24, 2.45) is 0 Å². The Morgan fingerprint density at radius 3 is 1.12 bits per heavy atom. The molecule has 0 bridgehead atoms. The van der Waals surface area contributed by atoms with Crippen LogP contribution in [0.1, 0.15) is 27.2 Å². The lowest BCUT2D eigenvalue weighted by molar-refractivity contribution is -0.126. The normalized spacial score (nSPS) is 10.8. The van der Waals surface area contributed by atoms with Crippen LogP contribution in [0.5, 0.6) is 0 Å². The van der Waals surface area contributed by atoms with Crippen LogP contribution >= 0.6 is 0 Å². The average molecular weight is 430 g/mol.